The van der Waals surface area contributed by atoms with Crippen LogP contribution < -0.4 is 0 Å². The number of rotatable bonds is 5. The average Bonchev–Trinajstić information content (AvgIpc) is 2.00. The molecule has 0 rings (SSSR count). The highest BCUT2D eigenvalue weighted by atomic mass is 32.2. The Balaban J connectivity index is 4.53. The van der Waals surface area contributed by atoms with Gasteiger partial charge < -0.3 is 0 Å². The van der Waals surface area contributed by atoms with Crippen molar-refractivity contribution in [3.63, 3.8) is 0 Å². The Morgan fingerprint density at radius 3 is 1.62 bits per heavy atom. The van der Waals surface area contributed by atoms with Crippen LogP contribution in [0.1, 0.15) is 68.7 Å². The third-order valence-electron chi connectivity index (χ3n) is 4.75. The molecule has 0 aliphatic rings. The van der Waals surface area contributed by atoms with Gasteiger partial charge in [-0.3, -0.25) is 0 Å². The first-order valence-electron chi connectivity index (χ1n) is 6.53. The van der Waals surface area contributed by atoms with Gasteiger partial charge in [0.2, 0.25) is 0 Å². The molecule has 0 aromatic rings. The van der Waals surface area contributed by atoms with Crippen LogP contribution in [0, 0.1) is 16.2 Å². The van der Waals surface area contributed by atoms with Gasteiger partial charge in [-0.15, -0.1) is 0 Å². The molecule has 98 valence electrons. The molecule has 0 spiro atoms. The van der Waals surface area contributed by atoms with Gasteiger partial charge in [0.15, 0.2) is 0 Å². The fraction of sp³-hybridized carbons (Fsp3) is 1.00. The molecular formula is C15H32S. The molecule has 0 aliphatic heterocycles. The molecule has 1 heteroatoms. The predicted molar refractivity (Wildman–Crippen MR) is 79.2 cm³/mol. The second-order valence-corrected chi connectivity index (χ2v) is 9.11. The average molecular weight is 244 g/mol. The number of thioether (sulfide) groups is 1. The molecule has 0 aromatic carbocycles. The molecule has 0 heterocycles. The lowest BCUT2D eigenvalue weighted by atomic mass is 9.55. The van der Waals surface area contributed by atoms with Crippen LogP contribution >= 0.6 is 11.8 Å². The van der Waals surface area contributed by atoms with Crippen LogP contribution in [0.2, 0.25) is 0 Å². The Morgan fingerprint density at radius 1 is 0.875 bits per heavy atom. The number of hydrogen-bond donors (Lipinski definition) is 0. The van der Waals surface area contributed by atoms with Crippen molar-refractivity contribution in [3.8, 4) is 0 Å². The molecule has 0 nitrogen and oxygen atoms in total. The van der Waals surface area contributed by atoms with Gasteiger partial charge in [-0.1, -0.05) is 62.3 Å². The summed E-state index contributed by atoms with van der Waals surface area (Å²) in [6.07, 6.45) is 1.31. The Labute approximate surface area is 108 Å². The quantitative estimate of drug-likeness (QED) is 0.605. The van der Waals surface area contributed by atoms with Crippen molar-refractivity contribution in [2.75, 3.05) is 5.75 Å². The molecule has 0 radical (unpaired) electrons. The monoisotopic (exact) mass is 244 g/mol. The smallest absolute Gasteiger partial charge is 0.000968 e. The van der Waals surface area contributed by atoms with Gasteiger partial charge >= 0.3 is 0 Å². The van der Waals surface area contributed by atoms with Gasteiger partial charge in [0.1, 0.15) is 0 Å². The molecule has 0 saturated heterocycles. The van der Waals surface area contributed by atoms with Crippen LogP contribution in [0.25, 0.3) is 0 Å². The molecule has 0 aliphatic carbocycles. The summed E-state index contributed by atoms with van der Waals surface area (Å²) >= 11 is 2.08. The Kier molecular flexibility index (Phi) is 5.45. The van der Waals surface area contributed by atoms with Gasteiger partial charge in [-0.05, 0) is 33.7 Å². The zero-order valence-corrected chi connectivity index (χ0v) is 13.7. The van der Waals surface area contributed by atoms with Gasteiger partial charge in [-0.25, -0.2) is 0 Å². The van der Waals surface area contributed by atoms with Crippen molar-refractivity contribution >= 4 is 11.8 Å². The van der Waals surface area contributed by atoms with E-state index in [1.807, 2.05) is 0 Å². The van der Waals surface area contributed by atoms with Crippen LogP contribution in [0.5, 0.6) is 0 Å². The molecule has 0 amide bonds. The third-order valence-corrected chi connectivity index (χ3v) is 5.85. The highest BCUT2D eigenvalue weighted by Gasteiger charge is 2.44. The van der Waals surface area contributed by atoms with Crippen molar-refractivity contribution in [2.45, 2.75) is 74.0 Å². The van der Waals surface area contributed by atoms with Crippen molar-refractivity contribution < 1.29 is 0 Å². The van der Waals surface area contributed by atoms with Crippen molar-refractivity contribution in [3.05, 3.63) is 0 Å². The van der Waals surface area contributed by atoms with E-state index >= 15 is 0 Å². The summed E-state index contributed by atoms with van der Waals surface area (Å²) in [5, 5.41) is 0.758. The maximum absolute atomic E-state index is 2.43. The Hall–Kier alpha value is 0.350. The second kappa shape index (κ2) is 5.33. The lowest BCUT2D eigenvalue weighted by Crippen LogP contribution is -2.43. The van der Waals surface area contributed by atoms with E-state index in [-0.39, 0.29) is 0 Å². The normalized spacial score (nSPS) is 14.6. The SMILES string of the molecule is CC(C)SCCC(C)(C)C(C)(C)C(C)(C)C. The van der Waals surface area contributed by atoms with Gasteiger partial charge in [0.25, 0.3) is 0 Å². The summed E-state index contributed by atoms with van der Waals surface area (Å²) < 4.78 is 0. The summed E-state index contributed by atoms with van der Waals surface area (Å²) in [7, 11) is 0. The van der Waals surface area contributed by atoms with Crippen LogP contribution in [-0.4, -0.2) is 11.0 Å². The maximum atomic E-state index is 2.43. The van der Waals surface area contributed by atoms with Crippen LogP contribution in [0.3, 0.4) is 0 Å². The first kappa shape index (κ1) is 16.4. The largest absolute Gasteiger partial charge is 0.159 e. The van der Waals surface area contributed by atoms with Crippen LogP contribution in [-0.2, 0) is 0 Å². The first-order chi connectivity index (χ1) is 6.92. The van der Waals surface area contributed by atoms with Crippen molar-refractivity contribution in [1.82, 2.24) is 0 Å². The lowest BCUT2D eigenvalue weighted by Gasteiger charge is -2.51. The number of hydrogen-bond acceptors (Lipinski definition) is 1. The fourth-order valence-corrected chi connectivity index (χ4v) is 2.98. The van der Waals surface area contributed by atoms with E-state index in [2.05, 4.69) is 74.1 Å². The Bertz CT molecular complexity index is 206. The minimum absolute atomic E-state index is 0.359. The standard InChI is InChI=1S/C15H32S/c1-12(2)16-11-10-14(6,7)15(8,9)13(3,4)5/h12H,10-11H2,1-9H3. The van der Waals surface area contributed by atoms with Gasteiger partial charge in [-0.2, -0.15) is 11.8 Å². The highest BCUT2D eigenvalue weighted by Crippen LogP contribution is 2.53. The van der Waals surface area contributed by atoms with Crippen molar-refractivity contribution in [2.24, 2.45) is 16.2 Å². The van der Waals surface area contributed by atoms with E-state index in [4.69, 9.17) is 0 Å². The van der Waals surface area contributed by atoms with Crippen LogP contribution in [0.15, 0.2) is 0 Å². The summed E-state index contributed by atoms with van der Waals surface area (Å²) in [6, 6.07) is 0. The van der Waals surface area contributed by atoms with E-state index < -0.39 is 0 Å². The van der Waals surface area contributed by atoms with E-state index in [0.29, 0.717) is 16.2 Å². The lowest BCUT2D eigenvalue weighted by molar-refractivity contribution is -0.00914. The van der Waals surface area contributed by atoms with Gasteiger partial charge in [0, 0.05) is 0 Å². The fourth-order valence-electron chi connectivity index (χ4n) is 1.88. The van der Waals surface area contributed by atoms with Crippen molar-refractivity contribution in [1.29, 1.82) is 0 Å². The first-order valence-corrected chi connectivity index (χ1v) is 7.58. The minimum Gasteiger partial charge on any atom is -0.159 e. The van der Waals surface area contributed by atoms with E-state index in [0.717, 1.165) is 5.25 Å². The van der Waals surface area contributed by atoms with E-state index in [1.54, 1.807) is 0 Å². The van der Waals surface area contributed by atoms with E-state index in [9.17, 15) is 0 Å². The Morgan fingerprint density at radius 2 is 1.31 bits per heavy atom. The second-order valence-electron chi connectivity index (χ2n) is 7.43. The maximum Gasteiger partial charge on any atom is -0.000968 e. The van der Waals surface area contributed by atoms with E-state index in [1.165, 1.54) is 12.2 Å². The molecule has 0 saturated carbocycles. The molecule has 0 fully saturated rings. The predicted octanol–water partition coefficient (Wildman–Crippen LogP) is 5.62. The molecule has 0 bridgehead atoms. The molecular weight excluding hydrogens is 212 g/mol. The summed E-state index contributed by atoms with van der Waals surface area (Å²) in [4.78, 5) is 0. The van der Waals surface area contributed by atoms with Crippen LogP contribution in [0.4, 0.5) is 0 Å². The summed E-state index contributed by atoms with van der Waals surface area (Å²) in [5.41, 5.74) is 1.11. The summed E-state index contributed by atoms with van der Waals surface area (Å²) in [5.74, 6) is 1.28. The molecule has 0 aromatic heterocycles. The highest BCUT2D eigenvalue weighted by molar-refractivity contribution is 7.99. The topological polar surface area (TPSA) is 0 Å². The zero-order chi connectivity index (χ0) is 13.2. The van der Waals surface area contributed by atoms with Gasteiger partial charge in [0.05, 0.1) is 0 Å². The molecule has 0 atom stereocenters. The summed E-state index contributed by atoms with van der Waals surface area (Å²) in [6.45, 7) is 21.4. The minimum atomic E-state index is 0.359. The molecule has 16 heavy (non-hydrogen) atoms. The third kappa shape index (κ3) is 3.98. The molecule has 0 unspecified atom stereocenters. The zero-order valence-electron chi connectivity index (χ0n) is 12.9. The molecule has 0 N–H and O–H groups in total.